The standard InChI is InChI=1S/C7H3F6N3O/c8-6(9,10)3-1-2(4(14)17)15-5(16-3)7(11,12)13/h1H,(H2,14,17). The first-order valence-electron chi connectivity index (χ1n) is 3.85. The van der Waals surface area contributed by atoms with E-state index in [1.807, 2.05) is 0 Å². The van der Waals surface area contributed by atoms with Gasteiger partial charge in [0.25, 0.3) is 5.91 Å². The van der Waals surface area contributed by atoms with Crippen LogP contribution in [0.25, 0.3) is 0 Å². The molecule has 0 aliphatic rings. The molecule has 1 aromatic heterocycles. The van der Waals surface area contributed by atoms with E-state index in [0.29, 0.717) is 0 Å². The van der Waals surface area contributed by atoms with Gasteiger partial charge in [0.05, 0.1) is 0 Å². The fraction of sp³-hybridized carbons (Fsp3) is 0.286. The minimum atomic E-state index is -5.20. The van der Waals surface area contributed by atoms with Gasteiger partial charge in [0, 0.05) is 6.07 Å². The quantitative estimate of drug-likeness (QED) is 0.779. The number of rotatable bonds is 1. The van der Waals surface area contributed by atoms with E-state index in [0.717, 1.165) is 0 Å². The molecule has 0 aliphatic carbocycles. The normalized spacial score (nSPS) is 12.6. The Labute approximate surface area is 89.5 Å². The van der Waals surface area contributed by atoms with E-state index in [9.17, 15) is 31.1 Å². The fourth-order valence-electron chi connectivity index (χ4n) is 0.845. The maximum atomic E-state index is 12.2. The van der Waals surface area contributed by atoms with Crippen LogP contribution >= 0.6 is 0 Å². The summed E-state index contributed by atoms with van der Waals surface area (Å²) in [4.78, 5) is 15.5. The Hall–Kier alpha value is -1.87. The molecule has 0 aromatic carbocycles. The fourth-order valence-corrected chi connectivity index (χ4v) is 0.845. The molecule has 0 atom stereocenters. The maximum absolute atomic E-state index is 12.2. The number of primary amides is 1. The Morgan fingerprint density at radius 2 is 1.59 bits per heavy atom. The highest BCUT2D eigenvalue weighted by atomic mass is 19.4. The van der Waals surface area contributed by atoms with Crippen LogP contribution in [0, 0.1) is 0 Å². The summed E-state index contributed by atoms with van der Waals surface area (Å²) >= 11 is 0. The molecular weight excluding hydrogens is 256 g/mol. The van der Waals surface area contributed by atoms with Crippen molar-refractivity contribution in [3.63, 3.8) is 0 Å². The highest BCUT2D eigenvalue weighted by Gasteiger charge is 2.40. The molecule has 0 radical (unpaired) electrons. The molecule has 0 aliphatic heterocycles. The lowest BCUT2D eigenvalue weighted by molar-refractivity contribution is -0.152. The molecule has 0 spiro atoms. The minimum absolute atomic E-state index is 0.0531. The average Bonchev–Trinajstić information content (AvgIpc) is 2.14. The van der Waals surface area contributed by atoms with E-state index < -0.39 is 35.5 Å². The number of nitrogens with two attached hydrogens (primary N) is 1. The van der Waals surface area contributed by atoms with E-state index in [1.54, 1.807) is 0 Å². The van der Waals surface area contributed by atoms with Gasteiger partial charge in [-0.05, 0) is 0 Å². The van der Waals surface area contributed by atoms with Gasteiger partial charge in [-0.15, -0.1) is 0 Å². The van der Waals surface area contributed by atoms with Crippen LogP contribution in [0.1, 0.15) is 22.0 Å². The molecule has 17 heavy (non-hydrogen) atoms. The predicted octanol–water partition coefficient (Wildman–Crippen LogP) is 1.61. The van der Waals surface area contributed by atoms with Gasteiger partial charge < -0.3 is 5.73 Å². The molecule has 0 unspecified atom stereocenters. The Morgan fingerprint density at radius 1 is 1.06 bits per heavy atom. The van der Waals surface area contributed by atoms with Crippen molar-refractivity contribution in [2.45, 2.75) is 12.4 Å². The van der Waals surface area contributed by atoms with Crippen LogP contribution in [0.5, 0.6) is 0 Å². The van der Waals surface area contributed by atoms with Crippen LogP contribution in [-0.2, 0) is 12.4 Å². The summed E-state index contributed by atoms with van der Waals surface area (Å²) in [5, 5.41) is 0. The molecule has 1 heterocycles. The monoisotopic (exact) mass is 259 g/mol. The van der Waals surface area contributed by atoms with E-state index in [1.165, 1.54) is 0 Å². The lowest BCUT2D eigenvalue weighted by atomic mass is 10.3. The third kappa shape index (κ3) is 3.04. The minimum Gasteiger partial charge on any atom is -0.364 e. The van der Waals surface area contributed by atoms with Crippen LogP contribution in [0.15, 0.2) is 6.07 Å². The van der Waals surface area contributed by atoms with Crippen molar-refractivity contribution < 1.29 is 31.1 Å². The zero-order chi connectivity index (χ0) is 13.4. The Morgan fingerprint density at radius 3 is 1.94 bits per heavy atom. The van der Waals surface area contributed by atoms with Crippen molar-refractivity contribution in [1.29, 1.82) is 0 Å². The summed E-state index contributed by atoms with van der Waals surface area (Å²) < 4.78 is 73.0. The van der Waals surface area contributed by atoms with E-state index in [2.05, 4.69) is 15.7 Å². The van der Waals surface area contributed by atoms with Crippen molar-refractivity contribution in [1.82, 2.24) is 9.97 Å². The largest absolute Gasteiger partial charge is 0.451 e. The Kier molecular flexibility index (Phi) is 2.99. The molecule has 4 nitrogen and oxygen atoms in total. The Bertz CT molecular complexity index is 420. The van der Waals surface area contributed by atoms with Crippen molar-refractivity contribution in [2.75, 3.05) is 0 Å². The van der Waals surface area contributed by atoms with Crippen LogP contribution in [0.2, 0.25) is 0 Å². The van der Waals surface area contributed by atoms with Crippen molar-refractivity contribution in [3.8, 4) is 0 Å². The molecule has 10 heteroatoms. The summed E-state index contributed by atoms with van der Waals surface area (Å²) in [5.74, 6) is -3.58. The second-order valence-electron chi connectivity index (χ2n) is 2.82. The molecule has 2 N–H and O–H groups in total. The number of aromatic nitrogens is 2. The summed E-state index contributed by atoms with van der Waals surface area (Å²) in [7, 11) is 0. The van der Waals surface area contributed by atoms with E-state index >= 15 is 0 Å². The number of nitrogens with zero attached hydrogens (tertiary/aromatic N) is 2. The maximum Gasteiger partial charge on any atom is 0.451 e. The number of carbonyl (C=O) groups is 1. The molecule has 0 saturated carbocycles. The molecule has 1 rings (SSSR count). The highest BCUT2D eigenvalue weighted by molar-refractivity contribution is 5.90. The smallest absolute Gasteiger partial charge is 0.364 e. The topological polar surface area (TPSA) is 68.9 Å². The second-order valence-corrected chi connectivity index (χ2v) is 2.82. The lowest BCUT2D eigenvalue weighted by Gasteiger charge is -2.10. The molecule has 0 saturated heterocycles. The summed E-state index contributed by atoms with van der Waals surface area (Å²) in [6, 6.07) is 0.0531. The zero-order valence-electron chi connectivity index (χ0n) is 7.73. The van der Waals surface area contributed by atoms with Crippen LogP contribution < -0.4 is 5.73 Å². The first-order chi connectivity index (χ1) is 7.51. The molecule has 1 aromatic rings. The van der Waals surface area contributed by atoms with Gasteiger partial charge in [0.2, 0.25) is 5.82 Å². The van der Waals surface area contributed by atoms with Crippen molar-refractivity contribution in [2.24, 2.45) is 5.73 Å². The van der Waals surface area contributed by atoms with Gasteiger partial charge in [-0.2, -0.15) is 26.3 Å². The van der Waals surface area contributed by atoms with Gasteiger partial charge in [0.15, 0.2) is 0 Å². The number of alkyl halides is 6. The predicted molar refractivity (Wildman–Crippen MR) is 40.6 cm³/mol. The molecular formula is C7H3F6N3O. The Balaban J connectivity index is 3.45. The zero-order valence-corrected chi connectivity index (χ0v) is 7.73. The number of hydrogen-bond donors (Lipinski definition) is 1. The summed E-state index contributed by atoms with van der Waals surface area (Å²) in [6.45, 7) is 0. The van der Waals surface area contributed by atoms with Gasteiger partial charge in [0.1, 0.15) is 11.4 Å². The molecule has 0 fully saturated rings. The summed E-state index contributed by atoms with van der Waals surface area (Å²) in [6.07, 6.45) is -10.3. The third-order valence-electron chi connectivity index (χ3n) is 1.52. The SMILES string of the molecule is NC(=O)c1cc(C(F)(F)F)nc(C(F)(F)F)n1. The van der Waals surface area contributed by atoms with Gasteiger partial charge >= 0.3 is 12.4 Å². The summed E-state index contributed by atoms with van der Waals surface area (Å²) in [5.41, 5.74) is 1.54. The van der Waals surface area contributed by atoms with Crippen molar-refractivity contribution in [3.05, 3.63) is 23.3 Å². The van der Waals surface area contributed by atoms with Gasteiger partial charge in [-0.25, -0.2) is 9.97 Å². The van der Waals surface area contributed by atoms with Crippen LogP contribution in [0.3, 0.4) is 0 Å². The third-order valence-corrected chi connectivity index (χ3v) is 1.52. The van der Waals surface area contributed by atoms with Gasteiger partial charge in [-0.1, -0.05) is 0 Å². The van der Waals surface area contributed by atoms with Crippen molar-refractivity contribution >= 4 is 5.91 Å². The first kappa shape index (κ1) is 13.2. The lowest BCUT2D eigenvalue weighted by Crippen LogP contribution is -2.22. The van der Waals surface area contributed by atoms with Crippen LogP contribution in [0.4, 0.5) is 26.3 Å². The first-order valence-corrected chi connectivity index (χ1v) is 3.85. The second kappa shape index (κ2) is 3.86. The number of carbonyl (C=O) groups excluding carboxylic acids is 1. The van der Waals surface area contributed by atoms with E-state index in [4.69, 9.17) is 0 Å². The molecule has 1 amide bonds. The number of halogens is 6. The number of hydrogen-bond acceptors (Lipinski definition) is 3. The number of amides is 1. The molecule has 0 bridgehead atoms. The van der Waals surface area contributed by atoms with Gasteiger partial charge in [-0.3, -0.25) is 4.79 Å². The highest BCUT2D eigenvalue weighted by Crippen LogP contribution is 2.32. The van der Waals surface area contributed by atoms with E-state index in [-0.39, 0.29) is 6.07 Å². The van der Waals surface area contributed by atoms with Crippen LogP contribution in [-0.4, -0.2) is 15.9 Å². The molecule has 94 valence electrons. The average molecular weight is 259 g/mol.